The fraction of sp³-hybridized carbons (Fsp3) is 0.133. The zero-order chi connectivity index (χ0) is 15.5. The molecule has 0 aromatic heterocycles. The fourth-order valence-electron chi connectivity index (χ4n) is 1.98. The molecule has 0 aliphatic carbocycles. The number of hydrogen-bond acceptors (Lipinski definition) is 3. The molecule has 22 heavy (non-hydrogen) atoms. The first-order chi connectivity index (χ1) is 10.6. The number of anilines is 1. The minimum Gasteiger partial charge on any atom is -0.454 e. The summed E-state index contributed by atoms with van der Waals surface area (Å²) in [5.41, 5.74) is 1.53. The van der Waals surface area contributed by atoms with Crippen molar-refractivity contribution in [3.63, 3.8) is 0 Å². The second kappa shape index (κ2) is 6.37. The Morgan fingerprint density at radius 2 is 2.00 bits per heavy atom. The molecule has 3 rings (SSSR count). The van der Waals surface area contributed by atoms with Gasteiger partial charge in [-0.15, -0.1) is 0 Å². The standard InChI is InChI=1S/C15H12ClFN2O2S/c16-11-3-2-10(6-12(11)17)19-15(22)18-7-9-1-4-13-14(5-9)21-8-20-13/h1-6H,7-8H2,(H2,18,19,22). The van der Waals surface area contributed by atoms with Gasteiger partial charge in [0.2, 0.25) is 6.79 Å². The molecular formula is C15H12ClFN2O2S. The van der Waals surface area contributed by atoms with Crippen LogP contribution in [0.15, 0.2) is 36.4 Å². The Morgan fingerprint density at radius 1 is 1.18 bits per heavy atom. The molecule has 114 valence electrons. The predicted molar refractivity (Wildman–Crippen MR) is 87.0 cm³/mol. The lowest BCUT2D eigenvalue weighted by molar-refractivity contribution is 0.174. The molecule has 0 spiro atoms. The fourth-order valence-corrected chi connectivity index (χ4v) is 2.29. The molecule has 0 saturated heterocycles. The van der Waals surface area contributed by atoms with Crippen molar-refractivity contribution in [1.29, 1.82) is 0 Å². The molecule has 0 atom stereocenters. The SMILES string of the molecule is Fc1cc(NC(=S)NCc2ccc3c(c2)OCO3)ccc1Cl. The lowest BCUT2D eigenvalue weighted by Crippen LogP contribution is -2.27. The number of nitrogens with one attached hydrogen (secondary N) is 2. The summed E-state index contributed by atoms with van der Waals surface area (Å²) in [6.45, 7) is 0.757. The molecule has 0 fully saturated rings. The maximum Gasteiger partial charge on any atom is 0.231 e. The summed E-state index contributed by atoms with van der Waals surface area (Å²) < 4.78 is 23.9. The minimum atomic E-state index is -0.495. The van der Waals surface area contributed by atoms with Crippen LogP contribution in [-0.2, 0) is 6.54 Å². The van der Waals surface area contributed by atoms with Crippen LogP contribution < -0.4 is 20.1 Å². The quantitative estimate of drug-likeness (QED) is 0.835. The lowest BCUT2D eigenvalue weighted by Gasteiger charge is -2.11. The van der Waals surface area contributed by atoms with E-state index < -0.39 is 5.82 Å². The van der Waals surface area contributed by atoms with E-state index in [0.29, 0.717) is 17.3 Å². The second-order valence-corrected chi connectivity index (χ2v) is 5.44. The summed E-state index contributed by atoms with van der Waals surface area (Å²) in [5.74, 6) is 0.962. The molecule has 1 heterocycles. The van der Waals surface area contributed by atoms with Crippen molar-refractivity contribution < 1.29 is 13.9 Å². The average molecular weight is 339 g/mol. The summed E-state index contributed by atoms with van der Waals surface area (Å²) in [5, 5.41) is 6.40. The van der Waals surface area contributed by atoms with E-state index in [2.05, 4.69) is 10.6 Å². The Kier molecular flexibility index (Phi) is 4.31. The van der Waals surface area contributed by atoms with Crippen LogP contribution in [0.5, 0.6) is 11.5 Å². The van der Waals surface area contributed by atoms with E-state index in [1.54, 1.807) is 6.07 Å². The van der Waals surface area contributed by atoms with Crippen LogP contribution in [0, 0.1) is 5.82 Å². The maximum absolute atomic E-state index is 13.3. The highest BCUT2D eigenvalue weighted by Gasteiger charge is 2.13. The number of fused-ring (bicyclic) bond motifs is 1. The van der Waals surface area contributed by atoms with Crippen LogP contribution in [0.2, 0.25) is 5.02 Å². The van der Waals surface area contributed by atoms with Crippen LogP contribution >= 0.6 is 23.8 Å². The van der Waals surface area contributed by atoms with E-state index in [1.165, 1.54) is 12.1 Å². The third kappa shape index (κ3) is 3.40. The van der Waals surface area contributed by atoms with Gasteiger partial charge in [-0.3, -0.25) is 0 Å². The molecule has 2 aromatic carbocycles. The number of hydrogen-bond donors (Lipinski definition) is 2. The summed E-state index contributed by atoms with van der Waals surface area (Å²) >= 11 is 10.8. The van der Waals surface area contributed by atoms with Crippen molar-refractivity contribution in [3.05, 3.63) is 52.8 Å². The number of benzene rings is 2. The third-order valence-electron chi connectivity index (χ3n) is 3.07. The Balaban J connectivity index is 1.57. The molecule has 1 aliphatic rings. The van der Waals surface area contributed by atoms with Gasteiger partial charge in [0.05, 0.1) is 5.02 Å². The zero-order valence-electron chi connectivity index (χ0n) is 11.4. The molecule has 0 amide bonds. The van der Waals surface area contributed by atoms with Gasteiger partial charge < -0.3 is 20.1 Å². The predicted octanol–water partition coefficient (Wildman–Crippen LogP) is 3.69. The monoisotopic (exact) mass is 338 g/mol. The van der Waals surface area contributed by atoms with E-state index in [0.717, 1.165) is 17.1 Å². The van der Waals surface area contributed by atoms with Crippen molar-refractivity contribution in [1.82, 2.24) is 5.32 Å². The summed E-state index contributed by atoms with van der Waals surface area (Å²) in [6.07, 6.45) is 0. The van der Waals surface area contributed by atoms with Crippen LogP contribution in [0.3, 0.4) is 0 Å². The van der Waals surface area contributed by atoms with E-state index in [4.69, 9.17) is 33.3 Å². The number of rotatable bonds is 3. The van der Waals surface area contributed by atoms with Crippen LogP contribution in [0.1, 0.15) is 5.56 Å². The van der Waals surface area contributed by atoms with Gasteiger partial charge in [0, 0.05) is 12.2 Å². The molecule has 0 saturated carbocycles. The van der Waals surface area contributed by atoms with E-state index in [-0.39, 0.29) is 11.8 Å². The normalized spacial score (nSPS) is 12.1. The van der Waals surface area contributed by atoms with Gasteiger partial charge in [-0.2, -0.15) is 0 Å². The number of ether oxygens (including phenoxy) is 2. The Bertz CT molecular complexity index is 727. The summed E-state index contributed by atoms with van der Waals surface area (Å²) in [4.78, 5) is 0. The molecule has 0 unspecified atom stereocenters. The second-order valence-electron chi connectivity index (χ2n) is 4.62. The summed E-state index contributed by atoms with van der Waals surface area (Å²) in [6, 6.07) is 10.1. The minimum absolute atomic E-state index is 0.0739. The van der Waals surface area contributed by atoms with Crippen LogP contribution in [0.4, 0.5) is 10.1 Å². The Morgan fingerprint density at radius 3 is 2.82 bits per heavy atom. The number of thiocarbonyl (C=S) groups is 1. The van der Waals surface area contributed by atoms with E-state index >= 15 is 0 Å². The highest BCUT2D eigenvalue weighted by Crippen LogP contribution is 2.32. The van der Waals surface area contributed by atoms with Crippen LogP contribution in [0.25, 0.3) is 0 Å². The first-order valence-electron chi connectivity index (χ1n) is 6.50. The zero-order valence-corrected chi connectivity index (χ0v) is 12.9. The average Bonchev–Trinajstić information content (AvgIpc) is 2.96. The van der Waals surface area contributed by atoms with Crippen molar-refractivity contribution in [3.8, 4) is 11.5 Å². The lowest BCUT2D eigenvalue weighted by atomic mass is 10.2. The van der Waals surface area contributed by atoms with Crippen LogP contribution in [-0.4, -0.2) is 11.9 Å². The van der Waals surface area contributed by atoms with Crippen molar-refractivity contribution in [2.24, 2.45) is 0 Å². The first-order valence-corrected chi connectivity index (χ1v) is 7.29. The summed E-state index contributed by atoms with van der Waals surface area (Å²) in [7, 11) is 0. The molecule has 4 nitrogen and oxygen atoms in total. The van der Waals surface area contributed by atoms with E-state index in [1.807, 2.05) is 18.2 Å². The van der Waals surface area contributed by atoms with Gasteiger partial charge in [-0.25, -0.2) is 4.39 Å². The Hall–Kier alpha value is -2.05. The van der Waals surface area contributed by atoms with Gasteiger partial charge in [-0.05, 0) is 48.1 Å². The molecule has 1 aliphatic heterocycles. The van der Waals surface area contributed by atoms with Crippen molar-refractivity contribution in [2.75, 3.05) is 12.1 Å². The first kappa shape index (κ1) is 14.9. The molecule has 0 bridgehead atoms. The van der Waals surface area contributed by atoms with Gasteiger partial charge >= 0.3 is 0 Å². The highest BCUT2D eigenvalue weighted by molar-refractivity contribution is 7.80. The van der Waals surface area contributed by atoms with Gasteiger partial charge in [0.1, 0.15) is 5.82 Å². The van der Waals surface area contributed by atoms with Gasteiger partial charge in [0.15, 0.2) is 16.6 Å². The van der Waals surface area contributed by atoms with Gasteiger partial charge in [-0.1, -0.05) is 17.7 Å². The molecule has 2 aromatic rings. The molecule has 2 N–H and O–H groups in total. The maximum atomic E-state index is 13.3. The molecule has 0 radical (unpaired) electrons. The Labute approximate surface area is 137 Å². The number of halogens is 2. The van der Waals surface area contributed by atoms with Crippen molar-refractivity contribution >= 4 is 34.6 Å². The highest BCUT2D eigenvalue weighted by atomic mass is 35.5. The molecular weight excluding hydrogens is 327 g/mol. The third-order valence-corrected chi connectivity index (χ3v) is 3.62. The topological polar surface area (TPSA) is 42.5 Å². The molecule has 7 heteroatoms. The largest absolute Gasteiger partial charge is 0.454 e. The smallest absolute Gasteiger partial charge is 0.231 e. The van der Waals surface area contributed by atoms with Crippen molar-refractivity contribution in [2.45, 2.75) is 6.54 Å². The van der Waals surface area contributed by atoms with E-state index in [9.17, 15) is 4.39 Å². The van der Waals surface area contributed by atoms with Gasteiger partial charge in [0.25, 0.3) is 0 Å².